The fourth-order valence-corrected chi connectivity index (χ4v) is 6.47. The van der Waals surface area contributed by atoms with Crippen LogP contribution in [0.25, 0.3) is 0 Å². The minimum Gasteiger partial charge on any atom is -0.378 e. The van der Waals surface area contributed by atoms with Crippen molar-refractivity contribution in [1.82, 2.24) is 9.21 Å². The lowest BCUT2D eigenvalue weighted by atomic mass is 9.80. The van der Waals surface area contributed by atoms with Gasteiger partial charge in [-0.2, -0.15) is 4.31 Å². The number of nitrogens with zero attached hydrogens (tertiary/aromatic N) is 2. The molecule has 0 aromatic carbocycles. The number of hydrogen-bond acceptors (Lipinski definition) is 5. The minimum atomic E-state index is -3.30. The van der Waals surface area contributed by atoms with Gasteiger partial charge in [0.1, 0.15) is 4.21 Å². The van der Waals surface area contributed by atoms with Gasteiger partial charge in [-0.3, -0.25) is 4.90 Å². The van der Waals surface area contributed by atoms with Gasteiger partial charge < -0.3 is 4.74 Å². The predicted molar refractivity (Wildman–Crippen MR) is 92.2 cm³/mol. The van der Waals surface area contributed by atoms with E-state index in [4.69, 9.17) is 4.74 Å². The number of thiophene rings is 1. The largest absolute Gasteiger partial charge is 0.378 e. The smallest absolute Gasteiger partial charge is 0.252 e. The summed E-state index contributed by atoms with van der Waals surface area (Å²) in [6.07, 6.45) is 2.12. The first-order valence-corrected chi connectivity index (χ1v) is 10.6. The molecule has 2 fully saturated rings. The van der Waals surface area contributed by atoms with Gasteiger partial charge in [-0.1, -0.05) is 6.07 Å². The van der Waals surface area contributed by atoms with Gasteiger partial charge in [-0.15, -0.1) is 11.3 Å². The van der Waals surface area contributed by atoms with Crippen LogP contribution in [-0.4, -0.2) is 62.6 Å². The molecule has 7 heteroatoms. The summed E-state index contributed by atoms with van der Waals surface area (Å²) in [6.45, 7) is 6.66. The van der Waals surface area contributed by atoms with Crippen LogP contribution in [0.1, 0.15) is 26.7 Å². The Hall–Kier alpha value is -0.470. The van der Waals surface area contributed by atoms with Crippen molar-refractivity contribution in [3.8, 4) is 0 Å². The fourth-order valence-electron chi connectivity index (χ4n) is 3.85. The number of ether oxygens (including phenoxy) is 1. The van der Waals surface area contributed by atoms with Gasteiger partial charge in [-0.25, -0.2) is 8.42 Å². The van der Waals surface area contributed by atoms with Crippen LogP contribution in [0, 0.1) is 5.92 Å². The van der Waals surface area contributed by atoms with Crippen LogP contribution in [0.3, 0.4) is 0 Å². The molecular weight excluding hydrogens is 332 g/mol. The lowest BCUT2D eigenvalue weighted by Crippen LogP contribution is -2.66. The Kier molecular flexibility index (Phi) is 5.13. The molecule has 0 amide bonds. The molecule has 5 nitrogen and oxygen atoms in total. The lowest BCUT2D eigenvalue weighted by molar-refractivity contribution is -0.127. The summed E-state index contributed by atoms with van der Waals surface area (Å²) in [6, 6.07) is 4.44. The number of methoxy groups -OCH3 is 1. The van der Waals surface area contributed by atoms with Gasteiger partial charge in [-0.05, 0) is 44.1 Å². The number of sulfonamides is 1. The molecule has 23 heavy (non-hydrogen) atoms. The third-order valence-corrected chi connectivity index (χ3v) is 8.46. The monoisotopic (exact) mass is 358 g/mol. The number of rotatable bonds is 5. The van der Waals surface area contributed by atoms with Gasteiger partial charge in [0.2, 0.25) is 0 Å². The van der Waals surface area contributed by atoms with E-state index in [1.165, 1.54) is 11.3 Å². The van der Waals surface area contributed by atoms with Crippen molar-refractivity contribution in [1.29, 1.82) is 0 Å². The molecule has 0 bridgehead atoms. The second-order valence-corrected chi connectivity index (χ2v) is 9.84. The highest BCUT2D eigenvalue weighted by molar-refractivity contribution is 7.91. The fraction of sp³-hybridized carbons (Fsp3) is 0.750. The molecule has 2 aliphatic heterocycles. The van der Waals surface area contributed by atoms with Crippen molar-refractivity contribution >= 4 is 21.4 Å². The molecule has 1 aromatic heterocycles. The Morgan fingerprint density at radius 1 is 1.30 bits per heavy atom. The second kappa shape index (κ2) is 6.80. The molecule has 3 rings (SSSR count). The van der Waals surface area contributed by atoms with Crippen molar-refractivity contribution in [3.05, 3.63) is 17.5 Å². The third-order valence-electron chi connectivity index (χ3n) is 5.19. The van der Waals surface area contributed by atoms with Crippen LogP contribution in [0.4, 0.5) is 0 Å². The molecule has 130 valence electrons. The van der Waals surface area contributed by atoms with Crippen molar-refractivity contribution in [2.24, 2.45) is 5.92 Å². The summed E-state index contributed by atoms with van der Waals surface area (Å²) in [4.78, 5) is 2.49. The molecule has 2 unspecified atom stereocenters. The molecule has 2 aliphatic rings. The molecule has 1 aromatic rings. The average molecular weight is 359 g/mol. The van der Waals surface area contributed by atoms with E-state index in [0.29, 0.717) is 41.4 Å². The van der Waals surface area contributed by atoms with Crippen LogP contribution in [0.15, 0.2) is 21.7 Å². The summed E-state index contributed by atoms with van der Waals surface area (Å²) in [7, 11) is -1.52. The number of hydrogen-bond donors (Lipinski definition) is 0. The van der Waals surface area contributed by atoms with Crippen molar-refractivity contribution < 1.29 is 13.2 Å². The van der Waals surface area contributed by atoms with Crippen LogP contribution in [0.5, 0.6) is 0 Å². The van der Waals surface area contributed by atoms with E-state index in [9.17, 15) is 8.42 Å². The molecule has 3 heterocycles. The van der Waals surface area contributed by atoms with E-state index < -0.39 is 10.0 Å². The number of likely N-dealkylation sites (tertiary alicyclic amines) is 1. The Morgan fingerprint density at radius 2 is 2.00 bits per heavy atom. The third kappa shape index (κ3) is 3.22. The van der Waals surface area contributed by atoms with E-state index in [2.05, 4.69) is 18.7 Å². The molecule has 0 radical (unpaired) electrons. The first-order valence-electron chi connectivity index (χ1n) is 8.27. The Morgan fingerprint density at radius 3 is 2.52 bits per heavy atom. The molecule has 0 N–H and O–H groups in total. The average Bonchev–Trinajstić information content (AvgIpc) is 3.02. The molecule has 0 aliphatic carbocycles. The summed E-state index contributed by atoms with van der Waals surface area (Å²) >= 11 is 1.30. The highest BCUT2D eigenvalue weighted by Gasteiger charge is 2.46. The maximum atomic E-state index is 12.6. The Balaban J connectivity index is 1.64. The van der Waals surface area contributed by atoms with Crippen molar-refractivity contribution in [2.45, 2.75) is 49.1 Å². The maximum absolute atomic E-state index is 12.6. The minimum absolute atomic E-state index is 0.294. The molecule has 0 saturated carbocycles. The molecular formula is C16H26N2O3S2. The van der Waals surface area contributed by atoms with Gasteiger partial charge in [0.25, 0.3) is 10.0 Å². The normalized spacial score (nSPS) is 28.2. The zero-order valence-electron chi connectivity index (χ0n) is 14.0. The first-order chi connectivity index (χ1) is 10.9. The van der Waals surface area contributed by atoms with Crippen LogP contribution in [0.2, 0.25) is 0 Å². The van der Waals surface area contributed by atoms with Gasteiger partial charge in [0.05, 0.1) is 6.10 Å². The molecule has 0 spiro atoms. The summed E-state index contributed by atoms with van der Waals surface area (Å²) < 4.78 is 32.9. The van der Waals surface area contributed by atoms with Gasteiger partial charge in [0, 0.05) is 38.8 Å². The maximum Gasteiger partial charge on any atom is 0.252 e. The first kappa shape index (κ1) is 17.4. The zero-order valence-corrected chi connectivity index (χ0v) is 15.6. The standard InChI is InChI=1S/C16H26N2O3S2/c1-12(2)18-11-14(21-3)16(18)13-6-8-17(9-7-13)23(19,20)15-5-4-10-22-15/h4-5,10,12-14,16H,6-9,11H2,1-3H3. The molecule has 2 saturated heterocycles. The highest BCUT2D eigenvalue weighted by atomic mass is 32.2. The van der Waals surface area contributed by atoms with E-state index in [1.54, 1.807) is 23.5 Å². The summed E-state index contributed by atoms with van der Waals surface area (Å²) in [5, 5.41) is 1.82. The van der Waals surface area contributed by atoms with Crippen molar-refractivity contribution in [3.63, 3.8) is 0 Å². The summed E-state index contributed by atoms with van der Waals surface area (Å²) in [5.41, 5.74) is 0. The Bertz CT molecular complexity index is 607. The predicted octanol–water partition coefficient (Wildman–Crippen LogP) is 2.26. The Labute approximate surface area is 143 Å². The van der Waals surface area contributed by atoms with E-state index in [0.717, 1.165) is 19.4 Å². The van der Waals surface area contributed by atoms with Crippen LogP contribution < -0.4 is 0 Å². The van der Waals surface area contributed by atoms with E-state index in [1.807, 2.05) is 5.38 Å². The van der Waals surface area contributed by atoms with E-state index >= 15 is 0 Å². The zero-order chi connectivity index (χ0) is 16.6. The van der Waals surface area contributed by atoms with Crippen LogP contribution >= 0.6 is 11.3 Å². The lowest BCUT2D eigenvalue weighted by Gasteiger charge is -2.54. The SMILES string of the molecule is COC1CN(C(C)C)C1C1CCN(S(=O)(=O)c2cccs2)CC1. The van der Waals surface area contributed by atoms with Crippen LogP contribution in [-0.2, 0) is 14.8 Å². The van der Waals surface area contributed by atoms with E-state index in [-0.39, 0.29) is 0 Å². The van der Waals surface area contributed by atoms with Gasteiger partial charge in [0.15, 0.2) is 0 Å². The molecule has 2 atom stereocenters. The summed E-state index contributed by atoms with van der Waals surface area (Å²) in [5.74, 6) is 0.519. The topological polar surface area (TPSA) is 49.9 Å². The highest BCUT2D eigenvalue weighted by Crippen LogP contribution is 2.36. The number of piperidine rings is 1. The van der Waals surface area contributed by atoms with Gasteiger partial charge >= 0.3 is 0 Å². The van der Waals surface area contributed by atoms with Crippen molar-refractivity contribution in [2.75, 3.05) is 26.7 Å². The quantitative estimate of drug-likeness (QED) is 0.810. The second-order valence-electron chi connectivity index (χ2n) is 6.73.